The molecule has 0 saturated carbocycles. The second-order valence-corrected chi connectivity index (χ2v) is 7.30. The Morgan fingerprint density at radius 1 is 1.24 bits per heavy atom. The number of piperidine rings is 1. The third-order valence-corrected chi connectivity index (χ3v) is 5.57. The molecule has 6 heteroatoms. The van der Waals surface area contributed by atoms with Crippen molar-refractivity contribution in [3.63, 3.8) is 0 Å². The van der Waals surface area contributed by atoms with E-state index in [0.717, 1.165) is 55.3 Å². The van der Waals surface area contributed by atoms with Gasteiger partial charge in [-0.25, -0.2) is 0 Å². The summed E-state index contributed by atoms with van der Waals surface area (Å²) in [6.07, 6.45) is 3.79. The van der Waals surface area contributed by atoms with Gasteiger partial charge in [-0.2, -0.15) is 9.36 Å². The molecule has 1 aromatic heterocycles. The molecule has 134 valence electrons. The predicted molar refractivity (Wildman–Crippen MR) is 103 cm³/mol. The van der Waals surface area contributed by atoms with E-state index in [1.807, 2.05) is 35.2 Å². The number of likely N-dealkylation sites (tertiary alicyclic amines) is 1. The molecule has 0 radical (unpaired) electrons. The second-order valence-electron chi connectivity index (χ2n) is 6.55. The lowest BCUT2D eigenvalue weighted by Gasteiger charge is -2.34. The molecule has 1 aliphatic rings. The topological polar surface area (TPSA) is 58.1 Å². The molecule has 0 unspecified atom stereocenters. The SMILES string of the molecule is CCC(CC)C(=O)N1CCC(Nc2nc(-c3ccccc3)ns2)CC1. The van der Waals surface area contributed by atoms with Gasteiger partial charge in [-0.3, -0.25) is 4.79 Å². The number of amides is 1. The molecule has 1 aromatic carbocycles. The van der Waals surface area contributed by atoms with E-state index in [1.165, 1.54) is 11.5 Å². The number of benzene rings is 1. The Morgan fingerprint density at radius 3 is 2.56 bits per heavy atom. The summed E-state index contributed by atoms with van der Waals surface area (Å²) in [4.78, 5) is 19.1. The minimum atomic E-state index is 0.182. The van der Waals surface area contributed by atoms with Crippen molar-refractivity contribution in [3.05, 3.63) is 30.3 Å². The minimum absolute atomic E-state index is 0.182. The summed E-state index contributed by atoms with van der Waals surface area (Å²) >= 11 is 1.40. The summed E-state index contributed by atoms with van der Waals surface area (Å²) in [6, 6.07) is 10.4. The average Bonchev–Trinajstić information content (AvgIpc) is 3.12. The van der Waals surface area contributed by atoms with E-state index in [0.29, 0.717) is 11.9 Å². The first kappa shape index (κ1) is 17.9. The Kier molecular flexibility index (Phi) is 6.02. The van der Waals surface area contributed by atoms with E-state index < -0.39 is 0 Å². The molecule has 3 rings (SSSR count). The highest BCUT2D eigenvalue weighted by molar-refractivity contribution is 7.09. The lowest BCUT2D eigenvalue weighted by atomic mass is 9.98. The lowest BCUT2D eigenvalue weighted by molar-refractivity contribution is -0.136. The predicted octanol–water partition coefficient (Wildman–Crippen LogP) is 4.04. The van der Waals surface area contributed by atoms with Crippen molar-refractivity contribution in [3.8, 4) is 11.4 Å². The Labute approximate surface area is 153 Å². The van der Waals surface area contributed by atoms with Crippen molar-refractivity contribution in [2.24, 2.45) is 5.92 Å². The number of carbonyl (C=O) groups excluding carboxylic acids is 1. The van der Waals surface area contributed by atoms with Gasteiger partial charge in [0.15, 0.2) is 5.82 Å². The first-order valence-electron chi connectivity index (χ1n) is 9.15. The molecule has 1 N–H and O–H groups in total. The normalized spacial score (nSPS) is 15.6. The van der Waals surface area contributed by atoms with Crippen LogP contribution in [0, 0.1) is 5.92 Å². The van der Waals surface area contributed by atoms with Crippen LogP contribution >= 0.6 is 11.5 Å². The van der Waals surface area contributed by atoms with Gasteiger partial charge in [0.2, 0.25) is 11.0 Å². The average molecular weight is 359 g/mol. The fourth-order valence-electron chi connectivity index (χ4n) is 3.30. The van der Waals surface area contributed by atoms with Gasteiger partial charge < -0.3 is 10.2 Å². The fraction of sp³-hybridized carbons (Fsp3) is 0.526. The maximum absolute atomic E-state index is 12.5. The number of anilines is 1. The molecule has 1 saturated heterocycles. The molecule has 0 aliphatic carbocycles. The molecular formula is C19H26N4OS. The first-order valence-corrected chi connectivity index (χ1v) is 9.93. The van der Waals surface area contributed by atoms with Crippen LogP contribution in [0.1, 0.15) is 39.5 Å². The van der Waals surface area contributed by atoms with Crippen LogP contribution in [0.15, 0.2) is 30.3 Å². The second kappa shape index (κ2) is 8.43. The van der Waals surface area contributed by atoms with E-state index in [2.05, 4.69) is 28.5 Å². The van der Waals surface area contributed by atoms with Gasteiger partial charge in [-0.05, 0) is 25.7 Å². The minimum Gasteiger partial charge on any atom is -0.357 e. The van der Waals surface area contributed by atoms with Gasteiger partial charge in [0.25, 0.3) is 0 Å². The van der Waals surface area contributed by atoms with Crippen molar-refractivity contribution in [2.45, 2.75) is 45.6 Å². The Morgan fingerprint density at radius 2 is 1.92 bits per heavy atom. The largest absolute Gasteiger partial charge is 0.357 e. The zero-order valence-corrected chi connectivity index (χ0v) is 15.8. The maximum Gasteiger partial charge on any atom is 0.225 e. The zero-order valence-electron chi connectivity index (χ0n) is 14.9. The van der Waals surface area contributed by atoms with Crippen LogP contribution in [-0.4, -0.2) is 39.3 Å². The van der Waals surface area contributed by atoms with E-state index >= 15 is 0 Å². The number of hydrogen-bond donors (Lipinski definition) is 1. The van der Waals surface area contributed by atoms with Gasteiger partial charge in [-0.15, -0.1) is 0 Å². The highest BCUT2D eigenvalue weighted by Crippen LogP contribution is 2.24. The fourth-order valence-corrected chi connectivity index (χ4v) is 3.97. The maximum atomic E-state index is 12.5. The molecule has 2 aromatic rings. The molecule has 5 nitrogen and oxygen atoms in total. The van der Waals surface area contributed by atoms with Crippen molar-refractivity contribution in [2.75, 3.05) is 18.4 Å². The summed E-state index contributed by atoms with van der Waals surface area (Å²) in [5, 5.41) is 4.36. The van der Waals surface area contributed by atoms with Crippen LogP contribution < -0.4 is 5.32 Å². The summed E-state index contributed by atoms with van der Waals surface area (Å²) < 4.78 is 4.44. The first-order chi connectivity index (χ1) is 12.2. The van der Waals surface area contributed by atoms with Crippen LogP contribution in [0.3, 0.4) is 0 Å². The molecule has 2 heterocycles. The number of carbonyl (C=O) groups is 1. The van der Waals surface area contributed by atoms with E-state index in [4.69, 9.17) is 0 Å². The highest BCUT2D eigenvalue weighted by Gasteiger charge is 2.26. The monoisotopic (exact) mass is 358 g/mol. The molecule has 1 fully saturated rings. The van der Waals surface area contributed by atoms with E-state index in [-0.39, 0.29) is 5.92 Å². The Bertz CT molecular complexity index is 676. The summed E-state index contributed by atoms with van der Waals surface area (Å²) in [7, 11) is 0. The van der Waals surface area contributed by atoms with E-state index in [1.54, 1.807) is 0 Å². The summed E-state index contributed by atoms with van der Waals surface area (Å²) in [6.45, 7) is 5.86. The number of nitrogens with one attached hydrogen (secondary N) is 1. The smallest absolute Gasteiger partial charge is 0.225 e. The molecule has 1 amide bonds. The van der Waals surface area contributed by atoms with Crippen LogP contribution in [0.2, 0.25) is 0 Å². The molecule has 0 spiro atoms. The number of rotatable bonds is 6. The quantitative estimate of drug-likeness (QED) is 0.846. The van der Waals surface area contributed by atoms with Crippen molar-refractivity contribution in [1.29, 1.82) is 0 Å². The van der Waals surface area contributed by atoms with Gasteiger partial charge >= 0.3 is 0 Å². The third-order valence-electron chi connectivity index (χ3n) is 4.93. The molecule has 1 aliphatic heterocycles. The highest BCUT2D eigenvalue weighted by atomic mass is 32.1. The lowest BCUT2D eigenvalue weighted by Crippen LogP contribution is -2.44. The standard InChI is InChI=1S/C19H26N4OS/c1-3-14(4-2)18(24)23-12-10-16(11-13-23)20-19-21-17(22-25-19)15-8-6-5-7-9-15/h5-9,14,16H,3-4,10-13H2,1-2H3,(H,20,21,22). The summed E-state index contributed by atoms with van der Waals surface area (Å²) in [5.41, 5.74) is 1.04. The molecule has 0 atom stereocenters. The van der Waals surface area contributed by atoms with Crippen LogP contribution in [0.25, 0.3) is 11.4 Å². The summed E-state index contributed by atoms with van der Waals surface area (Å²) in [5.74, 6) is 1.28. The number of aromatic nitrogens is 2. The third kappa shape index (κ3) is 4.37. The molecule has 0 bridgehead atoms. The van der Waals surface area contributed by atoms with Gasteiger partial charge in [0.05, 0.1) is 0 Å². The number of hydrogen-bond acceptors (Lipinski definition) is 5. The Balaban J connectivity index is 1.53. The van der Waals surface area contributed by atoms with Gasteiger partial charge in [0.1, 0.15) is 0 Å². The zero-order chi connectivity index (χ0) is 17.6. The Hall–Kier alpha value is -1.95. The van der Waals surface area contributed by atoms with Gasteiger partial charge in [-0.1, -0.05) is 44.2 Å². The molecule has 25 heavy (non-hydrogen) atoms. The van der Waals surface area contributed by atoms with Gasteiger partial charge in [0, 0.05) is 42.1 Å². The van der Waals surface area contributed by atoms with Crippen LogP contribution in [0.4, 0.5) is 5.13 Å². The van der Waals surface area contributed by atoms with Crippen molar-refractivity contribution < 1.29 is 4.79 Å². The number of nitrogens with zero attached hydrogens (tertiary/aromatic N) is 3. The molecular weight excluding hydrogens is 332 g/mol. The van der Waals surface area contributed by atoms with Crippen molar-refractivity contribution >= 4 is 22.6 Å². The van der Waals surface area contributed by atoms with E-state index in [9.17, 15) is 4.79 Å². The van der Waals surface area contributed by atoms with Crippen molar-refractivity contribution in [1.82, 2.24) is 14.3 Å². The van der Waals surface area contributed by atoms with Crippen LogP contribution in [-0.2, 0) is 4.79 Å². The van der Waals surface area contributed by atoms with Crippen LogP contribution in [0.5, 0.6) is 0 Å².